The second-order valence-electron chi connectivity index (χ2n) is 3.85. The van der Waals surface area contributed by atoms with Crippen molar-refractivity contribution in [3.8, 4) is 0 Å². The Bertz CT molecular complexity index is 172. The van der Waals surface area contributed by atoms with Gasteiger partial charge in [0.15, 0.2) is 0 Å². The van der Waals surface area contributed by atoms with Gasteiger partial charge < -0.3 is 9.64 Å². The van der Waals surface area contributed by atoms with E-state index in [1.165, 1.54) is 0 Å². The highest BCUT2D eigenvalue weighted by Gasteiger charge is 2.19. The molecule has 1 atom stereocenters. The molecular weight excluding hydrogens is 178 g/mol. The van der Waals surface area contributed by atoms with E-state index < -0.39 is 0 Å². The predicted octanol–water partition coefficient (Wildman–Crippen LogP) is 1.67. The molecule has 1 saturated heterocycles. The quantitative estimate of drug-likeness (QED) is 0.689. The summed E-state index contributed by atoms with van der Waals surface area (Å²) >= 11 is 0. The van der Waals surface area contributed by atoms with E-state index in [4.69, 9.17) is 4.74 Å². The van der Waals surface area contributed by atoms with Crippen LogP contribution in [0.25, 0.3) is 0 Å². The summed E-state index contributed by atoms with van der Waals surface area (Å²) in [4.78, 5) is 13.6. The third-order valence-corrected chi connectivity index (χ3v) is 2.83. The molecule has 14 heavy (non-hydrogen) atoms. The molecule has 82 valence electrons. The predicted molar refractivity (Wildman–Crippen MR) is 56.1 cm³/mol. The molecule has 1 heterocycles. The molecule has 0 aromatic rings. The van der Waals surface area contributed by atoms with Crippen LogP contribution in [0.15, 0.2) is 0 Å². The number of rotatable bonds is 4. The van der Waals surface area contributed by atoms with Crippen molar-refractivity contribution in [3.63, 3.8) is 0 Å². The van der Waals surface area contributed by atoms with Crippen molar-refractivity contribution in [2.24, 2.45) is 5.92 Å². The molecule has 1 fully saturated rings. The van der Waals surface area contributed by atoms with Crippen LogP contribution in [0.5, 0.6) is 0 Å². The molecule has 0 radical (unpaired) electrons. The minimum atomic E-state index is 0.283. The van der Waals surface area contributed by atoms with Crippen LogP contribution in [0, 0.1) is 5.92 Å². The average molecular weight is 199 g/mol. The number of carbonyl (C=O) groups is 1. The van der Waals surface area contributed by atoms with Crippen LogP contribution in [0.3, 0.4) is 0 Å². The molecule has 0 bridgehead atoms. The van der Waals surface area contributed by atoms with Crippen LogP contribution < -0.4 is 0 Å². The maximum absolute atomic E-state index is 11.7. The fourth-order valence-corrected chi connectivity index (χ4v) is 1.92. The molecule has 0 aromatic heterocycles. The molecular formula is C11H21NO2. The molecule has 0 spiro atoms. The molecule has 1 unspecified atom stereocenters. The first-order valence-electron chi connectivity index (χ1n) is 5.63. The summed E-state index contributed by atoms with van der Waals surface area (Å²) in [6, 6.07) is 0. The SMILES string of the molecule is CCN(CC)C(=O)CC1CCCOC1. The Hall–Kier alpha value is -0.570. The van der Waals surface area contributed by atoms with Crippen molar-refractivity contribution in [1.29, 1.82) is 0 Å². The number of carbonyl (C=O) groups excluding carboxylic acids is 1. The number of hydrogen-bond acceptors (Lipinski definition) is 2. The summed E-state index contributed by atoms with van der Waals surface area (Å²) in [6.45, 7) is 7.34. The molecule has 1 aliphatic rings. The Morgan fingerprint density at radius 1 is 1.43 bits per heavy atom. The molecule has 1 amide bonds. The van der Waals surface area contributed by atoms with E-state index in [1.54, 1.807) is 0 Å². The van der Waals surface area contributed by atoms with E-state index in [1.807, 2.05) is 18.7 Å². The molecule has 3 heteroatoms. The third-order valence-electron chi connectivity index (χ3n) is 2.83. The Morgan fingerprint density at radius 2 is 2.14 bits per heavy atom. The largest absolute Gasteiger partial charge is 0.381 e. The van der Waals surface area contributed by atoms with Crippen molar-refractivity contribution < 1.29 is 9.53 Å². The van der Waals surface area contributed by atoms with Gasteiger partial charge in [0, 0.05) is 32.7 Å². The number of hydrogen-bond donors (Lipinski definition) is 0. The van der Waals surface area contributed by atoms with Crippen LogP contribution in [0.2, 0.25) is 0 Å². The maximum atomic E-state index is 11.7. The topological polar surface area (TPSA) is 29.5 Å². The zero-order valence-electron chi connectivity index (χ0n) is 9.29. The second-order valence-corrected chi connectivity index (χ2v) is 3.85. The Balaban J connectivity index is 2.30. The van der Waals surface area contributed by atoms with Gasteiger partial charge in [-0.15, -0.1) is 0 Å². The lowest BCUT2D eigenvalue weighted by Crippen LogP contribution is -2.33. The van der Waals surface area contributed by atoms with Gasteiger partial charge in [-0.1, -0.05) is 0 Å². The van der Waals surface area contributed by atoms with Crippen LogP contribution >= 0.6 is 0 Å². The van der Waals surface area contributed by atoms with Gasteiger partial charge in [0.2, 0.25) is 5.91 Å². The molecule has 0 N–H and O–H groups in total. The Kier molecular flexibility index (Phi) is 4.94. The van der Waals surface area contributed by atoms with Crippen molar-refractivity contribution >= 4 is 5.91 Å². The van der Waals surface area contributed by atoms with Crippen molar-refractivity contribution in [2.45, 2.75) is 33.1 Å². The number of amides is 1. The van der Waals surface area contributed by atoms with Crippen molar-refractivity contribution in [3.05, 3.63) is 0 Å². The summed E-state index contributed by atoms with van der Waals surface area (Å²) in [5.74, 6) is 0.738. The molecule has 3 nitrogen and oxygen atoms in total. The van der Waals surface area contributed by atoms with Crippen molar-refractivity contribution in [1.82, 2.24) is 4.90 Å². The van der Waals surface area contributed by atoms with Crippen molar-refractivity contribution in [2.75, 3.05) is 26.3 Å². The van der Waals surface area contributed by atoms with E-state index in [9.17, 15) is 4.79 Å². The van der Waals surface area contributed by atoms with Crippen LogP contribution in [0.4, 0.5) is 0 Å². The highest BCUT2D eigenvalue weighted by Crippen LogP contribution is 2.17. The first kappa shape index (κ1) is 11.5. The van der Waals surface area contributed by atoms with Gasteiger partial charge >= 0.3 is 0 Å². The summed E-state index contributed by atoms with van der Waals surface area (Å²) < 4.78 is 5.36. The fourth-order valence-electron chi connectivity index (χ4n) is 1.92. The second kappa shape index (κ2) is 6.02. The van der Waals surface area contributed by atoms with E-state index >= 15 is 0 Å². The van der Waals surface area contributed by atoms with Gasteiger partial charge in [0.05, 0.1) is 0 Å². The van der Waals surface area contributed by atoms with E-state index in [0.717, 1.165) is 39.1 Å². The van der Waals surface area contributed by atoms with Crippen LogP contribution in [0.1, 0.15) is 33.1 Å². The normalized spacial score (nSPS) is 22.0. The summed E-state index contributed by atoms with van der Waals surface area (Å²) in [6.07, 6.45) is 2.92. The van der Waals surface area contributed by atoms with Gasteiger partial charge in [0.1, 0.15) is 0 Å². The minimum Gasteiger partial charge on any atom is -0.381 e. The monoisotopic (exact) mass is 199 g/mol. The van der Waals surface area contributed by atoms with Gasteiger partial charge in [0.25, 0.3) is 0 Å². The van der Waals surface area contributed by atoms with Gasteiger partial charge in [-0.2, -0.15) is 0 Å². The van der Waals surface area contributed by atoms with Gasteiger partial charge in [-0.3, -0.25) is 4.79 Å². The lowest BCUT2D eigenvalue weighted by Gasteiger charge is -2.25. The summed E-state index contributed by atoms with van der Waals surface area (Å²) in [5.41, 5.74) is 0. The van der Waals surface area contributed by atoms with E-state index in [-0.39, 0.29) is 5.91 Å². The third kappa shape index (κ3) is 3.29. The van der Waals surface area contributed by atoms with E-state index in [2.05, 4.69) is 0 Å². The lowest BCUT2D eigenvalue weighted by molar-refractivity contribution is -0.132. The minimum absolute atomic E-state index is 0.283. The molecule has 0 aliphatic carbocycles. The zero-order valence-corrected chi connectivity index (χ0v) is 9.29. The first-order valence-corrected chi connectivity index (χ1v) is 5.63. The standard InChI is InChI=1S/C11H21NO2/c1-3-12(4-2)11(13)8-10-6-5-7-14-9-10/h10H,3-9H2,1-2H3. The van der Waals surface area contributed by atoms with Crippen LogP contribution in [-0.4, -0.2) is 37.1 Å². The number of ether oxygens (including phenoxy) is 1. The Morgan fingerprint density at radius 3 is 2.64 bits per heavy atom. The first-order chi connectivity index (χ1) is 6.77. The maximum Gasteiger partial charge on any atom is 0.222 e. The Labute approximate surface area is 86.4 Å². The highest BCUT2D eigenvalue weighted by molar-refractivity contribution is 5.76. The lowest BCUT2D eigenvalue weighted by atomic mass is 9.98. The molecule has 0 aromatic carbocycles. The molecule has 1 rings (SSSR count). The summed E-state index contributed by atoms with van der Waals surface area (Å²) in [7, 11) is 0. The van der Waals surface area contributed by atoms with Gasteiger partial charge in [-0.05, 0) is 32.6 Å². The van der Waals surface area contributed by atoms with E-state index in [0.29, 0.717) is 12.3 Å². The summed E-state index contributed by atoms with van der Waals surface area (Å²) in [5, 5.41) is 0. The number of nitrogens with zero attached hydrogens (tertiary/aromatic N) is 1. The molecule has 0 saturated carbocycles. The molecule has 1 aliphatic heterocycles. The zero-order chi connectivity index (χ0) is 10.4. The van der Waals surface area contributed by atoms with Crippen LogP contribution in [-0.2, 0) is 9.53 Å². The van der Waals surface area contributed by atoms with Gasteiger partial charge in [-0.25, -0.2) is 0 Å². The smallest absolute Gasteiger partial charge is 0.222 e. The fraction of sp³-hybridized carbons (Fsp3) is 0.909. The highest BCUT2D eigenvalue weighted by atomic mass is 16.5. The average Bonchev–Trinajstić information content (AvgIpc) is 2.21.